The lowest BCUT2D eigenvalue weighted by Crippen LogP contribution is -2.05. The number of allylic oxidation sites excluding steroid dienone is 3. The van der Waals surface area contributed by atoms with Crippen LogP contribution in [0.1, 0.15) is 0 Å². The average Bonchev–Trinajstić information content (AvgIpc) is 2.24. The van der Waals surface area contributed by atoms with Crippen molar-refractivity contribution < 1.29 is 13.9 Å². The lowest BCUT2D eigenvalue weighted by Gasteiger charge is -2.06. The lowest BCUT2D eigenvalue weighted by molar-refractivity contribution is 0.174. The topological polar surface area (TPSA) is 18.5 Å². The smallest absolute Gasteiger partial charge is 0.166 e. The van der Waals surface area contributed by atoms with Crippen molar-refractivity contribution in [1.82, 2.24) is 0 Å². The molecule has 0 amide bonds. The summed E-state index contributed by atoms with van der Waals surface area (Å²) >= 11 is 5.76. The van der Waals surface area contributed by atoms with E-state index >= 15 is 0 Å². The molecular formula is C9H10ClFO2. The molecule has 0 spiro atoms. The van der Waals surface area contributed by atoms with Gasteiger partial charge in [-0.15, -0.1) is 0 Å². The number of ether oxygens (including phenoxy) is 2. The second-order valence-corrected chi connectivity index (χ2v) is 2.90. The highest BCUT2D eigenvalue weighted by Crippen LogP contribution is 2.23. The zero-order chi connectivity index (χ0) is 9.84. The molecule has 0 saturated carbocycles. The highest BCUT2D eigenvalue weighted by molar-refractivity contribution is 6.30. The maximum atomic E-state index is 13.2. The maximum Gasteiger partial charge on any atom is 0.166 e. The van der Waals surface area contributed by atoms with Crippen molar-refractivity contribution in [3.63, 3.8) is 0 Å². The molecule has 4 heteroatoms. The van der Waals surface area contributed by atoms with Crippen molar-refractivity contribution in [3.05, 3.63) is 34.8 Å². The van der Waals surface area contributed by atoms with Gasteiger partial charge in [-0.1, -0.05) is 11.6 Å². The van der Waals surface area contributed by atoms with Gasteiger partial charge in [0.15, 0.2) is 11.6 Å². The summed E-state index contributed by atoms with van der Waals surface area (Å²) in [7, 11) is 2.90. The molecule has 72 valence electrons. The van der Waals surface area contributed by atoms with Gasteiger partial charge in [0.2, 0.25) is 0 Å². The molecule has 1 unspecified atom stereocenters. The molecule has 0 fully saturated rings. The maximum absolute atomic E-state index is 13.2. The van der Waals surface area contributed by atoms with E-state index in [1.165, 1.54) is 26.4 Å². The van der Waals surface area contributed by atoms with Crippen LogP contribution in [-0.4, -0.2) is 20.3 Å². The molecular weight excluding hydrogens is 195 g/mol. The summed E-state index contributed by atoms with van der Waals surface area (Å²) in [5.74, 6) is -0.346. The second kappa shape index (κ2) is 4.44. The van der Waals surface area contributed by atoms with E-state index in [1.54, 1.807) is 6.08 Å². The van der Waals surface area contributed by atoms with E-state index < -0.39 is 11.9 Å². The van der Waals surface area contributed by atoms with Crippen molar-refractivity contribution >= 4 is 11.6 Å². The Morgan fingerprint density at radius 3 is 2.69 bits per heavy atom. The second-order valence-electron chi connectivity index (χ2n) is 2.46. The van der Waals surface area contributed by atoms with Gasteiger partial charge in [-0.05, 0) is 18.2 Å². The molecule has 0 aromatic carbocycles. The molecule has 0 aromatic rings. The van der Waals surface area contributed by atoms with Crippen LogP contribution in [0.15, 0.2) is 34.8 Å². The van der Waals surface area contributed by atoms with Gasteiger partial charge in [0.25, 0.3) is 0 Å². The van der Waals surface area contributed by atoms with Crippen LogP contribution in [0.25, 0.3) is 0 Å². The molecule has 13 heavy (non-hydrogen) atoms. The first kappa shape index (κ1) is 10.3. The first-order chi connectivity index (χ1) is 6.19. The molecule has 2 nitrogen and oxygen atoms in total. The summed E-state index contributed by atoms with van der Waals surface area (Å²) in [6.07, 6.45) is 3.91. The highest BCUT2D eigenvalue weighted by atomic mass is 35.5. The third kappa shape index (κ3) is 2.32. The van der Waals surface area contributed by atoms with Gasteiger partial charge in [0.1, 0.15) is 6.10 Å². The van der Waals surface area contributed by atoms with Gasteiger partial charge in [-0.25, -0.2) is 4.39 Å². The minimum atomic E-state index is -0.497. The highest BCUT2D eigenvalue weighted by Gasteiger charge is 2.14. The first-order valence-corrected chi connectivity index (χ1v) is 4.08. The molecule has 0 heterocycles. The molecule has 1 aliphatic carbocycles. The van der Waals surface area contributed by atoms with Crippen molar-refractivity contribution in [2.24, 2.45) is 0 Å². The molecule has 0 N–H and O–H groups in total. The Kier molecular flexibility index (Phi) is 3.51. The zero-order valence-corrected chi connectivity index (χ0v) is 8.14. The minimum absolute atomic E-state index is 0.151. The molecule has 0 aromatic heterocycles. The summed E-state index contributed by atoms with van der Waals surface area (Å²) in [6.45, 7) is 0. The predicted octanol–water partition coefficient (Wildman–Crippen LogP) is 2.52. The van der Waals surface area contributed by atoms with Crippen molar-refractivity contribution in [2.75, 3.05) is 14.2 Å². The Morgan fingerprint density at radius 2 is 2.15 bits per heavy atom. The standard InChI is InChI=1S/C9H10ClFO2/c1-12-8-3-4-9(13-2)7(11)5-6(8)10/h3-5,8H,1-2H3. The van der Waals surface area contributed by atoms with Crippen LogP contribution in [0.2, 0.25) is 0 Å². The van der Waals surface area contributed by atoms with Gasteiger partial charge < -0.3 is 9.47 Å². The number of hydrogen-bond donors (Lipinski definition) is 0. The Morgan fingerprint density at radius 1 is 1.46 bits per heavy atom. The normalized spacial score (nSPS) is 22.8. The van der Waals surface area contributed by atoms with Crippen LogP contribution in [-0.2, 0) is 9.47 Å². The van der Waals surface area contributed by atoms with Crippen LogP contribution >= 0.6 is 11.6 Å². The zero-order valence-electron chi connectivity index (χ0n) is 7.38. The van der Waals surface area contributed by atoms with E-state index in [-0.39, 0.29) is 5.76 Å². The molecule has 1 aliphatic rings. The fourth-order valence-corrected chi connectivity index (χ4v) is 1.23. The number of methoxy groups -OCH3 is 2. The van der Waals surface area contributed by atoms with Crippen LogP contribution in [0.5, 0.6) is 0 Å². The van der Waals surface area contributed by atoms with Crippen LogP contribution in [0.3, 0.4) is 0 Å². The van der Waals surface area contributed by atoms with E-state index in [0.29, 0.717) is 5.03 Å². The lowest BCUT2D eigenvalue weighted by atomic mass is 10.3. The van der Waals surface area contributed by atoms with Crippen molar-refractivity contribution in [3.8, 4) is 0 Å². The fraction of sp³-hybridized carbons (Fsp3) is 0.333. The molecule has 0 saturated heterocycles. The number of halogens is 2. The Balaban J connectivity index is 2.99. The van der Waals surface area contributed by atoms with E-state index in [1.807, 2.05) is 0 Å². The minimum Gasteiger partial charge on any atom is -0.494 e. The third-order valence-corrected chi connectivity index (χ3v) is 1.99. The van der Waals surface area contributed by atoms with E-state index in [0.717, 1.165) is 0 Å². The van der Waals surface area contributed by atoms with Crippen LogP contribution < -0.4 is 0 Å². The summed E-state index contributed by atoms with van der Waals surface area (Å²) in [5.41, 5.74) is 0. The predicted molar refractivity (Wildman–Crippen MR) is 49.0 cm³/mol. The summed E-state index contributed by atoms with van der Waals surface area (Å²) in [6, 6.07) is 0. The van der Waals surface area contributed by atoms with Gasteiger partial charge in [-0.2, -0.15) is 0 Å². The molecule has 0 bridgehead atoms. The molecule has 0 aliphatic heterocycles. The molecule has 0 radical (unpaired) electrons. The summed E-state index contributed by atoms with van der Waals surface area (Å²) < 4.78 is 22.9. The van der Waals surface area contributed by atoms with Crippen molar-refractivity contribution in [2.45, 2.75) is 6.10 Å². The van der Waals surface area contributed by atoms with Crippen LogP contribution in [0.4, 0.5) is 4.39 Å². The Labute approximate surface area is 81.3 Å². The van der Waals surface area contributed by atoms with E-state index in [9.17, 15) is 4.39 Å². The quantitative estimate of drug-likeness (QED) is 0.688. The molecule has 1 rings (SSSR count). The fourth-order valence-electron chi connectivity index (χ4n) is 0.977. The van der Waals surface area contributed by atoms with Gasteiger partial charge >= 0.3 is 0 Å². The van der Waals surface area contributed by atoms with Crippen LogP contribution in [0, 0.1) is 0 Å². The Hall–Kier alpha value is -0.800. The van der Waals surface area contributed by atoms with Gasteiger partial charge in [0.05, 0.1) is 12.1 Å². The van der Waals surface area contributed by atoms with Crippen molar-refractivity contribution in [1.29, 1.82) is 0 Å². The first-order valence-electron chi connectivity index (χ1n) is 3.71. The largest absolute Gasteiger partial charge is 0.494 e. The average molecular weight is 205 g/mol. The summed E-state index contributed by atoms with van der Waals surface area (Å²) in [4.78, 5) is 0. The molecule has 1 atom stereocenters. The SMILES string of the molecule is COC1=C(F)C=C(Cl)C(OC)C=C1. The number of rotatable bonds is 2. The van der Waals surface area contributed by atoms with Gasteiger partial charge in [-0.3, -0.25) is 0 Å². The van der Waals surface area contributed by atoms with E-state index in [2.05, 4.69) is 0 Å². The summed E-state index contributed by atoms with van der Waals surface area (Å²) in [5, 5.41) is 0.295. The monoisotopic (exact) mass is 204 g/mol. The number of hydrogen-bond acceptors (Lipinski definition) is 2. The Bertz CT molecular complexity index is 281. The van der Waals surface area contributed by atoms with Gasteiger partial charge in [0, 0.05) is 7.11 Å². The van der Waals surface area contributed by atoms with E-state index in [4.69, 9.17) is 21.1 Å². The third-order valence-electron chi connectivity index (χ3n) is 1.67.